The van der Waals surface area contributed by atoms with Crippen LogP contribution < -0.4 is 10.6 Å². The van der Waals surface area contributed by atoms with Gasteiger partial charge in [-0.15, -0.1) is 0 Å². The highest BCUT2D eigenvalue weighted by Gasteiger charge is 2.08. The standard InChI is InChI=1S/C17H13F2N3O2/c18-14-5-3-11(8-15(14)19)22-12-4-6-16(20-9-12)17(23)21-10-13-2-1-7-24-13/h1-9,22H,10H2,(H,21,23). The summed E-state index contributed by atoms with van der Waals surface area (Å²) in [7, 11) is 0. The van der Waals surface area contributed by atoms with Gasteiger partial charge >= 0.3 is 0 Å². The highest BCUT2D eigenvalue weighted by molar-refractivity contribution is 5.92. The number of rotatable bonds is 5. The molecule has 7 heteroatoms. The topological polar surface area (TPSA) is 67.2 Å². The molecule has 2 aromatic heterocycles. The number of amides is 1. The van der Waals surface area contributed by atoms with Gasteiger partial charge in [0.15, 0.2) is 11.6 Å². The maximum absolute atomic E-state index is 13.2. The molecule has 3 rings (SSSR count). The summed E-state index contributed by atoms with van der Waals surface area (Å²) in [5, 5.41) is 5.55. The molecule has 0 saturated carbocycles. The lowest BCUT2D eigenvalue weighted by Crippen LogP contribution is -2.23. The number of pyridine rings is 1. The van der Waals surface area contributed by atoms with E-state index in [-0.39, 0.29) is 18.1 Å². The summed E-state index contributed by atoms with van der Waals surface area (Å²) in [6.07, 6.45) is 2.96. The maximum Gasteiger partial charge on any atom is 0.270 e. The number of benzene rings is 1. The Kier molecular flexibility index (Phi) is 4.51. The van der Waals surface area contributed by atoms with Gasteiger partial charge in [-0.25, -0.2) is 13.8 Å². The van der Waals surface area contributed by atoms with E-state index in [0.717, 1.165) is 12.1 Å². The fourth-order valence-corrected chi connectivity index (χ4v) is 2.01. The summed E-state index contributed by atoms with van der Waals surface area (Å²) in [6, 6.07) is 10.1. The molecule has 3 aromatic rings. The number of aromatic nitrogens is 1. The first-order valence-corrected chi connectivity index (χ1v) is 7.10. The fourth-order valence-electron chi connectivity index (χ4n) is 2.01. The Morgan fingerprint density at radius 1 is 1.08 bits per heavy atom. The first-order chi connectivity index (χ1) is 11.6. The van der Waals surface area contributed by atoms with Crippen LogP contribution in [0.15, 0.2) is 59.3 Å². The number of halogens is 2. The smallest absolute Gasteiger partial charge is 0.270 e. The molecule has 0 radical (unpaired) electrons. The number of anilines is 2. The fraction of sp³-hybridized carbons (Fsp3) is 0.0588. The SMILES string of the molecule is O=C(NCc1ccco1)c1ccc(Nc2ccc(F)c(F)c2)cn1. The Hall–Kier alpha value is -3.22. The molecule has 5 nitrogen and oxygen atoms in total. The van der Waals surface area contributed by atoms with Crippen molar-refractivity contribution in [2.75, 3.05) is 5.32 Å². The van der Waals surface area contributed by atoms with Crippen LogP contribution in [0.5, 0.6) is 0 Å². The minimum atomic E-state index is -0.943. The van der Waals surface area contributed by atoms with Gasteiger partial charge in [0.1, 0.15) is 11.5 Å². The molecule has 122 valence electrons. The number of carbonyl (C=O) groups excluding carboxylic acids is 1. The summed E-state index contributed by atoms with van der Waals surface area (Å²) in [4.78, 5) is 16.0. The van der Waals surface area contributed by atoms with Gasteiger partial charge in [0.25, 0.3) is 5.91 Å². The first kappa shape index (κ1) is 15.7. The molecule has 1 amide bonds. The van der Waals surface area contributed by atoms with Crippen molar-refractivity contribution in [1.29, 1.82) is 0 Å². The summed E-state index contributed by atoms with van der Waals surface area (Å²) < 4.78 is 31.2. The van der Waals surface area contributed by atoms with Gasteiger partial charge in [-0.2, -0.15) is 0 Å². The summed E-state index contributed by atoms with van der Waals surface area (Å²) in [6.45, 7) is 0.266. The predicted octanol–water partition coefficient (Wildman–Crippen LogP) is 3.63. The zero-order valence-electron chi connectivity index (χ0n) is 12.4. The van der Waals surface area contributed by atoms with E-state index in [2.05, 4.69) is 15.6 Å². The van der Waals surface area contributed by atoms with Crippen LogP contribution in [0.25, 0.3) is 0 Å². The van der Waals surface area contributed by atoms with Crippen LogP contribution in [-0.4, -0.2) is 10.9 Å². The Labute approximate surface area is 136 Å². The van der Waals surface area contributed by atoms with Crippen molar-refractivity contribution in [1.82, 2.24) is 10.3 Å². The lowest BCUT2D eigenvalue weighted by molar-refractivity contribution is 0.0943. The van der Waals surface area contributed by atoms with E-state index < -0.39 is 11.6 Å². The molecule has 0 spiro atoms. The Morgan fingerprint density at radius 2 is 1.92 bits per heavy atom. The van der Waals surface area contributed by atoms with E-state index >= 15 is 0 Å². The monoisotopic (exact) mass is 329 g/mol. The number of carbonyl (C=O) groups is 1. The Bertz CT molecular complexity index is 834. The first-order valence-electron chi connectivity index (χ1n) is 7.10. The second-order valence-electron chi connectivity index (χ2n) is 4.95. The zero-order valence-corrected chi connectivity index (χ0v) is 12.4. The minimum absolute atomic E-state index is 0.234. The number of nitrogens with zero attached hydrogens (tertiary/aromatic N) is 1. The molecular formula is C17H13F2N3O2. The van der Waals surface area contributed by atoms with Crippen molar-refractivity contribution in [2.45, 2.75) is 6.54 Å². The van der Waals surface area contributed by atoms with Crippen LogP contribution in [-0.2, 0) is 6.54 Å². The molecule has 0 saturated heterocycles. The molecule has 0 atom stereocenters. The average molecular weight is 329 g/mol. The van der Waals surface area contributed by atoms with Gasteiger partial charge in [-0.3, -0.25) is 4.79 Å². The van der Waals surface area contributed by atoms with Crippen molar-refractivity contribution >= 4 is 17.3 Å². The second-order valence-corrected chi connectivity index (χ2v) is 4.95. The van der Waals surface area contributed by atoms with Gasteiger partial charge in [0, 0.05) is 11.8 Å². The Morgan fingerprint density at radius 3 is 2.58 bits per heavy atom. The third-order valence-electron chi connectivity index (χ3n) is 3.21. The van der Waals surface area contributed by atoms with Crippen LogP contribution in [0.4, 0.5) is 20.2 Å². The number of nitrogens with one attached hydrogen (secondary N) is 2. The highest BCUT2D eigenvalue weighted by atomic mass is 19.2. The van der Waals surface area contributed by atoms with Crippen molar-refractivity contribution in [3.8, 4) is 0 Å². The van der Waals surface area contributed by atoms with Crippen molar-refractivity contribution in [2.24, 2.45) is 0 Å². The molecule has 0 aliphatic heterocycles. The van der Waals surface area contributed by atoms with E-state index in [4.69, 9.17) is 4.42 Å². The molecule has 2 N–H and O–H groups in total. The van der Waals surface area contributed by atoms with E-state index in [1.165, 1.54) is 24.6 Å². The molecule has 2 heterocycles. The molecule has 0 aliphatic carbocycles. The van der Waals surface area contributed by atoms with E-state index in [0.29, 0.717) is 17.1 Å². The number of hydrogen-bond acceptors (Lipinski definition) is 4. The van der Waals surface area contributed by atoms with Crippen LogP contribution in [0, 0.1) is 11.6 Å². The molecule has 1 aromatic carbocycles. The van der Waals surface area contributed by atoms with E-state index in [9.17, 15) is 13.6 Å². The van der Waals surface area contributed by atoms with Crippen molar-refractivity contribution in [3.63, 3.8) is 0 Å². The molecule has 24 heavy (non-hydrogen) atoms. The molecule has 0 bridgehead atoms. The molecule has 0 aliphatic rings. The molecular weight excluding hydrogens is 316 g/mol. The zero-order chi connectivity index (χ0) is 16.9. The minimum Gasteiger partial charge on any atom is -0.467 e. The van der Waals surface area contributed by atoms with Crippen LogP contribution in [0.2, 0.25) is 0 Å². The van der Waals surface area contributed by atoms with Gasteiger partial charge < -0.3 is 15.1 Å². The van der Waals surface area contributed by atoms with Crippen molar-refractivity contribution < 1.29 is 18.0 Å². The highest BCUT2D eigenvalue weighted by Crippen LogP contribution is 2.18. The van der Waals surface area contributed by atoms with E-state index in [1.54, 1.807) is 18.2 Å². The summed E-state index contributed by atoms with van der Waals surface area (Å²) in [5.41, 5.74) is 1.16. The number of furan rings is 1. The third-order valence-corrected chi connectivity index (χ3v) is 3.21. The summed E-state index contributed by atoms with van der Waals surface area (Å²) in [5.74, 6) is -1.56. The second kappa shape index (κ2) is 6.91. The van der Waals surface area contributed by atoms with Crippen LogP contribution >= 0.6 is 0 Å². The predicted molar refractivity (Wildman–Crippen MR) is 83.8 cm³/mol. The van der Waals surface area contributed by atoms with Gasteiger partial charge in [-0.1, -0.05) is 0 Å². The molecule has 0 fully saturated rings. The summed E-state index contributed by atoms with van der Waals surface area (Å²) >= 11 is 0. The van der Waals surface area contributed by atoms with Crippen molar-refractivity contribution in [3.05, 3.63) is 78.0 Å². The normalized spacial score (nSPS) is 10.4. The lowest BCUT2D eigenvalue weighted by Gasteiger charge is -2.07. The van der Waals surface area contributed by atoms with E-state index in [1.807, 2.05) is 0 Å². The molecule has 0 unspecified atom stereocenters. The maximum atomic E-state index is 13.2. The van der Waals surface area contributed by atoms with Crippen LogP contribution in [0.1, 0.15) is 16.2 Å². The van der Waals surface area contributed by atoms with Gasteiger partial charge in [0.2, 0.25) is 0 Å². The number of hydrogen-bond donors (Lipinski definition) is 2. The Balaban J connectivity index is 1.62. The third kappa shape index (κ3) is 3.75. The van der Waals surface area contributed by atoms with Gasteiger partial charge in [0.05, 0.1) is 24.7 Å². The largest absolute Gasteiger partial charge is 0.467 e. The lowest BCUT2D eigenvalue weighted by atomic mass is 10.2. The quantitative estimate of drug-likeness (QED) is 0.750. The van der Waals surface area contributed by atoms with Gasteiger partial charge in [-0.05, 0) is 36.4 Å². The van der Waals surface area contributed by atoms with Crippen LogP contribution in [0.3, 0.4) is 0 Å². The average Bonchev–Trinajstić information content (AvgIpc) is 3.10.